The number of hydrogen-bond acceptors (Lipinski definition) is 2. The van der Waals surface area contributed by atoms with E-state index in [-0.39, 0.29) is 5.92 Å². The second kappa shape index (κ2) is 8.32. The summed E-state index contributed by atoms with van der Waals surface area (Å²) in [4.78, 5) is 2.57. The predicted octanol–water partition coefficient (Wildman–Crippen LogP) is 5.01. The minimum absolute atomic E-state index is 0.223. The van der Waals surface area contributed by atoms with Crippen molar-refractivity contribution in [3.63, 3.8) is 0 Å². The Balaban J connectivity index is 1.97. The Morgan fingerprint density at radius 3 is 1.80 bits per heavy atom. The molecular weight excluding hydrogens is 304 g/mol. The monoisotopic (exact) mass is 332 g/mol. The number of likely N-dealkylation sites (tertiary alicyclic amines) is 1. The summed E-state index contributed by atoms with van der Waals surface area (Å²) in [5, 5.41) is 10.4. The molecule has 0 bridgehead atoms. The van der Waals surface area contributed by atoms with Gasteiger partial charge in [-0.05, 0) is 43.0 Å². The lowest BCUT2D eigenvalue weighted by Gasteiger charge is -2.37. The van der Waals surface area contributed by atoms with Crippen molar-refractivity contribution in [1.29, 1.82) is 5.26 Å². The van der Waals surface area contributed by atoms with Gasteiger partial charge in [0.1, 0.15) is 5.41 Å². The van der Waals surface area contributed by atoms with E-state index in [0.29, 0.717) is 0 Å². The molecule has 0 unspecified atom stereocenters. The molecule has 1 fully saturated rings. The van der Waals surface area contributed by atoms with Crippen LogP contribution in [-0.2, 0) is 5.41 Å². The van der Waals surface area contributed by atoms with Crippen molar-refractivity contribution in [3.05, 3.63) is 71.8 Å². The highest BCUT2D eigenvalue weighted by molar-refractivity contribution is 5.46. The second-order valence-corrected chi connectivity index (χ2v) is 7.27. The zero-order valence-corrected chi connectivity index (χ0v) is 15.2. The highest BCUT2D eigenvalue weighted by atomic mass is 15.1. The quantitative estimate of drug-likeness (QED) is 0.769. The molecule has 1 saturated heterocycles. The van der Waals surface area contributed by atoms with Crippen LogP contribution in [0.1, 0.15) is 43.7 Å². The smallest absolute Gasteiger partial charge is 0.111 e. The minimum atomic E-state index is -0.602. The molecule has 1 atom stereocenters. The van der Waals surface area contributed by atoms with Gasteiger partial charge < -0.3 is 4.90 Å². The standard InChI is InChI=1S/C23H28N2/c1-20(18-25-16-10-2-3-11-17-25)23(19-24,21-12-6-4-7-13-21)22-14-8-5-9-15-22/h4-9,12-15,20H,2-3,10-11,16-18H2,1H3/t20-/m0/s1. The summed E-state index contributed by atoms with van der Waals surface area (Å²) in [7, 11) is 0. The highest BCUT2D eigenvalue weighted by Gasteiger charge is 2.40. The summed E-state index contributed by atoms with van der Waals surface area (Å²) in [6.07, 6.45) is 5.24. The lowest BCUT2D eigenvalue weighted by atomic mass is 9.67. The lowest BCUT2D eigenvalue weighted by molar-refractivity contribution is 0.220. The third-order valence-corrected chi connectivity index (χ3v) is 5.60. The first-order valence-corrected chi connectivity index (χ1v) is 9.52. The van der Waals surface area contributed by atoms with Crippen LogP contribution in [-0.4, -0.2) is 24.5 Å². The molecule has 0 aliphatic carbocycles. The Morgan fingerprint density at radius 2 is 1.36 bits per heavy atom. The summed E-state index contributed by atoms with van der Waals surface area (Å²) >= 11 is 0. The third kappa shape index (κ3) is 3.78. The number of hydrogen-bond donors (Lipinski definition) is 0. The van der Waals surface area contributed by atoms with Gasteiger partial charge in [-0.25, -0.2) is 0 Å². The van der Waals surface area contributed by atoms with Crippen LogP contribution in [0, 0.1) is 17.2 Å². The first kappa shape index (κ1) is 17.7. The lowest BCUT2D eigenvalue weighted by Crippen LogP contribution is -2.41. The van der Waals surface area contributed by atoms with E-state index in [2.05, 4.69) is 42.2 Å². The van der Waals surface area contributed by atoms with Gasteiger partial charge in [0.2, 0.25) is 0 Å². The molecule has 0 amide bonds. The van der Waals surface area contributed by atoms with E-state index in [0.717, 1.165) is 30.8 Å². The van der Waals surface area contributed by atoms with E-state index in [4.69, 9.17) is 0 Å². The minimum Gasteiger partial charge on any atom is -0.303 e. The van der Waals surface area contributed by atoms with Gasteiger partial charge in [0, 0.05) is 6.54 Å². The Morgan fingerprint density at radius 1 is 0.880 bits per heavy atom. The zero-order chi connectivity index (χ0) is 17.5. The van der Waals surface area contributed by atoms with Crippen molar-refractivity contribution in [2.75, 3.05) is 19.6 Å². The van der Waals surface area contributed by atoms with E-state index in [1.165, 1.54) is 25.7 Å². The topological polar surface area (TPSA) is 27.0 Å². The molecule has 130 valence electrons. The van der Waals surface area contributed by atoms with Crippen molar-refractivity contribution in [2.24, 2.45) is 5.92 Å². The molecule has 2 heteroatoms. The fourth-order valence-electron chi connectivity index (χ4n) is 4.22. The number of rotatable bonds is 5. The van der Waals surface area contributed by atoms with E-state index in [9.17, 15) is 5.26 Å². The molecular formula is C23H28N2. The summed E-state index contributed by atoms with van der Waals surface area (Å²) in [6.45, 7) is 5.54. The van der Waals surface area contributed by atoms with Crippen LogP contribution in [0.3, 0.4) is 0 Å². The molecule has 3 rings (SSSR count). The van der Waals surface area contributed by atoms with Crippen LogP contribution in [0.2, 0.25) is 0 Å². The van der Waals surface area contributed by atoms with Crippen LogP contribution >= 0.6 is 0 Å². The molecule has 0 aromatic heterocycles. The van der Waals surface area contributed by atoms with Crippen LogP contribution in [0.4, 0.5) is 0 Å². The maximum Gasteiger partial charge on any atom is 0.111 e. The molecule has 1 heterocycles. The van der Waals surface area contributed by atoms with Crippen molar-refractivity contribution >= 4 is 0 Å². The molecule has 1 aliphatic rings. The second-order valence-electron chi connectivity index (χ2n) is 7.27. The molecule has 2 nitrogen and oxygen atoms in total. The maximum absolute atomic E-state index is 10.4. The Labute approximate surface area is 152 Å². The molecule has 2 aromatic rings. The normalized spacial score (nSPS) is 17.4. The van der Waals surface area contributed by atoms with Gasteiger partial charge in [-0.15, -0.1) is 0 Å². The van der Waals surface area contributed by atoms with Crippen LogP contribution in [0.15, 0.2) is 60.7 Å². The molecule has 0 spiro atoms. The number of nitrogens with zero attached hydrogens (tertiary/aromatic N) is 2. The molecule has 0 saturated carbocycles. The molecule has 0 N–H and O–H groups in total. The van der Waals surface area contributed by atoms with Gasteiger partial charge >= 0.3 is 0 Å². The fourth-order valence-corrected chi connectivity index (χ4v) is 4.22. The van der Waals surface area contributed by atoms with E-state index in [1.807, 2.05) is 36.4 Å². The summed E-state index contributed by atoms with van der Waals surface area (Å²) in [5.74, 6) is 0.223. The average molecular weight is 332 g/mol. The Hall–Kier alpha value is -2.11. The van der Waals surface area contributed by atoms with Gasteiger partial charge in [0.25, 0.3) is 0 Å². The van der Waals surface area contributed by atoms with Crippen LogP contribution < -0.4 is 0 Å². The van der Waals surface area contributed by atoms with Crippen LogP contribution in [0.25, 0.3) is 0 Å². The summed E-state index contributed by atoms with van der Waals surface area (Å²) in [6, 6.07) is 23.4. The maximum atomic E-state index is 10.4. The van der Waals surface area contributed by atoms with Crippen molar-refractivity contribution in [3.8, 4) is 6.07 Å². The highest BCUT2D eigenvalue weighted by Crippen LogP contribution is 2.39. The van der Waals surface area contributed by atoms with Crippen LogP contribution in [0.5, 0.6) is 0 Å². The van der Waals surface area contributed by atoms with E-state index >= 15 is 0 Å². The summed E-state index contributed by atoms with van der Waals surface area (Å²) in [5.41, 5.74) is 1.60. The van der Waals surface area contributed by atoms with Crippen molar-refractivity contribution in [1.82, 2.24) is 4.90 Å². The first-order chi connectivity index (χ1) is 12.3. The fraction of sp³-hybridized carbons (Fsp3) is 0.435. The molecule has 0 radical (unpaired) electrons. The van der Waals surface area contributed by atoms with E-state index in [1.54, 1.807) is 0 Å². The van der Waals surface area contributed by atoms with Gasteiger partial charge in [-0.3, -0.25) is 0 Å². The zero-order valence-electron chi connectivity index (χ0n) is 15.2. The molecule has 1 aliphatic heterocycles. The number of benzene rings is 2. The van der Waals surface area contributed by atoms with Gasteiger partial charge in [-0.1, -0.05) is 80.4 Å². The first-order valence-electron chi connectivity index (χ1n) is 9.52. The average Bonchev–Trinajstić information content (AvgIpc) is 2.93. The largest absolute Gasteiger partial charge is 0.303 e. The summed E-state index contributed by atoms with van der Waals surface area (Å²) < 4.78 is 0. The third-order valence-electron chi connectivity index (χ3n) is 5.60. The molecule has 25 heavy (non-hydrogen) atoms. The van der Waals surface area contributed by atoms with Gasteiger partial charge in [0.15, 0.2) is 0 Å². The van der Waals surface area contributed by atoms with Crippen molar-refractivity contribution < 1.29 is 0 Å². The van der Waals surface area contributed by atoms with E-state index < -0.39 is 5.41 Å². The molecule has 2 aromatic carbocycles. The Bertz CT molecular complexity index is 640. The SMILES string of the molecule is C[C@@H](CN1CCCCCC1)C(C#N)(c1ccccc1)c1ccccc1. The predicted molar refractivity (Wildman–Crippen MR) is 103 cm³/mol. The van der Waals surface area contributed by atoms with Gasteiger partial charge in [0.05, 0.1) is 6.07 Å². The number of nitriles is 1. The van der Waals surface area contributed by atoms with Gasteiger partial charge in [-0.2, -0.15) is 5.26 Å². The Kier molecular flexibility index (Phi) is 5.89. The van der Waals surface area contributed by atoms with Crippen molar-refractivity contribution in [2.45, 2.75) is 38.0 Å².